The van der Waals surface area contributed by atoms with Gasteiger partial charge >= 0.3 is 0 Å². The monoisotopic (exact) mass is 295 g/mol. The summed E-state index contributed by atoms with van der Waals surface area (Å²) < 4.78 is 10.5. The molecule has 6 nitrogen and oxygen atoms in total. The number of likely N-dealkylation sites (N-methyl/N-ethyl adjacent to an activating group) is 1. The number of hydrogen-bond acceptors (Lipinski definition) is 5. The third kappa shape index (κ3) is 5.61. The van der Waals surface area contributed by atoms with E-state index >= 15 is 0 Å². The number of carbonyl (C=O) groups is 1. The predicted octanol–water partition coefficient (Wildman–Crippen LogP) is 0.976. The van der Waals surface area contributed by atoms with Gasteiger partial charge in [0, 0.05) is 26.7 Å². The molecule has 0 heterocycles. The molecule has 1 rings (SSSR count). The summed E-state index contributed by atoms with van der Waals surface area (Å²) in [7, 11) is 3.65. The quantitative estimate of drug-likeness (QED) is 0.664. The van der Waals surface area contributed by atoms with Gasteiger partial charge in [-0.25, -0.2) is 0 Å². The highest BCUT2D eigenvalue weighted by atomic mass is 16.5. The summed E-state index contributed by atoms with van der Waals surface area (Å²) in [6.45, 7) is 5.14. The first-order valence-corrected chi connectivity index (χ1v) is 7.07. The minimum atomic E-state index is -0.175. The van der Waals surface area contributed by atoms with Crippen LogP contribution in [0, 0.1) is 0 Å². The maximum absolute atomic E-state index is 12.2. The van der Waals surface area contributed by atoms with Gasteiger partial charge in [-0.1, -0.05) is 6.07 Å². The van der Waals surface area contributed by atoms with Crippen LogP contribution in [0.2, 0.25) is 0 Å². The Morgan fingerprint density at radius 1 is 1.38 bits per heavy atom. The predicted molar refractivity (Wildman–Crippen MR) is 83.7 cm³/mol. The number of nitrogen functional groups attached to an aromatic ring is 1. The lowest BCUT2D eigenvalue weighted by Crippen LogP contribution is -2.34. The summed E-state index contributed by atoms with van der Waals surface area (Å²) in [5.74, 6) is 0.274. The minimum Gasteiger partial charge on any atom is -0.491 e. The fourth-order valence-corrected chi connectivity index (χ4v) is 1.85. The molecule has 0 aliphatic rings. The second-order valence-electron chi connectivity index (χ2n) is 4.71. The highest BCUT2D eigenvalue weighted by Gasteiger charge is 2.14. The maximum Gasteiger partial charge on any atom is 0.255 e. The summed E-state index contributed by atoms with van der Waals surface area (Å²) in [5.41, 5.74) is 6.79. The van der Waals surface area contributed by atoms with Crippen molar-refractivity contribution in [2.75, 3.05) is 52.7 Å². The van der Waals surface area contributed by atoms with Crippen LogP contribution in [0.3, 0.4) is 0 Å². The molecule has 0 saturated heterocycles. The van der Waals surface area contributed by atoms with Crippen LogP contribution >= 0.6 is 0 Å². The van der Waals surface area contributed by atoms with Gasteiger partial charge in [-0.2, -0.15) is 0 Å². The summed E-state index contributed by atoms with van der Waals surface area (Å²) in [5, 5.41) is 2.88. The summed E-state index contributed by atoms with van der Waals surface area (Å²) in [6.07, 6.45) is 0. The Bertz CT molecular complexity index is 452. The SMILES string of the molecule is CCOc1c(N)cccc1C(=O)NCCN(C)CCOC. The molecule has 21 heavy (non-hydrogen) atoms. The Kier molecular flexibility index (Phi) is 7.56. The van der Waals surface area contributed by atoms with Crippen molar-refractivity contribution in [3.05, 3.63) is 23.8 Å². The van der Waals surface area contributed by atoms with E-state index in [-0.39, 0.29) is 5.91 Å². The van der Waals surface area contributed by atoms with Gasteiger partial charge in [0.2, 0.25) is 0 Å². The van der Waals surface area contributed by atoms with Gasteiger partial charge in [-0.15, -0.1) is 0 Å². The van der Waals surface area contributed by atoms with E-state index in [4.69, 9.17) is 15.2 Å². The van der Waals surface area contributed by atoms with E-state index in [9.17, 15) is 4.79 Å². The Labute approximate surface area is 126 Å². The first-order valence-electron chi connectivity index (χ1n) is 7.07. The molecule has 0 atom stereocenters. The molecular formula is C15H25N3O3. The van der Waals surface area contributed by atoms with Gasteiger partial charge in [0.25, 0.3) is 5.91 Å². The zero-order valence-electron chi connectivity index (χ0n) is 13.0. The lowest BCUT2D eigenvalue weighted by atomic mass is 10.1. The number of carbonyl (C=O) groups excluding carboxylic acids is 1. The number of nitrogens with two attached hydrogens (primary N) is 1. The van der Waals surface area contributed by atoms with E-state index in [1.165, 1.54) is 0 Å². The first-order chi connectivity index (χ1) is 10.1. The lowest BCUT2D eigenvalue weighted by Gasteiger charge is -2.17. The van der Waals surface area contributed by atoms with Crippen LogP contribution in [-0.4, -0.2) is 57.8 Å². The smallest absolute Gasteiger partial charge is 0.255 e. The number of rotatable bonds is 9. The van der Waals surface area contributed by atoms with E-state index in [1.54, 1.807) is 25.3 Å². The molecule has 0 fully saturated rings. The highest BCUT2D eigenvalue weighted by Crippen LogP contribution is 2.26. The Morgan fingerprint density at radius 3 is 2.81 bits per heavy atom. The Hall–Kier alpha value is -1.79. The molecule has 0 unspecified atom stereocenters. The summed E-state index contributed by atoms with van der Waals surface area (Å²) >= 11 is 0. The van der Waals surface area contributed by atoms with Crippen LogP contribution in [-0.2, 0) is 4.74 Å². The molecule has 1 aromatic rings. The fraction of sp³-hybridized carbons (Fsp3) is 0.533. The van der Waals surface area contributed by atoms with E-state index < -0.39 is 0 Å². The van der Waals surface area contributed by atoms with Crippen molar-refractivity contribution in [3.63, 3.8) is 0 Å². The number of ether oxygens (including phenoxy) is 2. The standard InChI is InChI=1S/C15H25N3O3/c1-4-21-14-12(6-5-7-13(14)16)15(19)17-8-9-18(2)10-11-20-3/h5-7H,4,8-11,16H2,1-3H3,(H,17,19). The van der Waals surface area contributed by atoms with Crippen molar-refractivity contribution in [1.29, 1.82) is 0 Å². The molecule has 0 aliphatic heterocycles. The van der Waals surface area contributed by atoms with Crippen LogP contribution in [0.15, 0.2) is 18.2 Å². The van der Waals surface area contributed by atoms with Crippen LogP contribution in [0.4, 0.5) is 5.69 Å². The van der Waals surface area contributed by atoms with Crippen LogP contribution in [0.5, 0.6) is 5.75 Å². The molecule has 0 aliphatic carbocycles. The molecule has 0 spiro atoms. The number of nitrogens with one attached hydrogen (secondary N) is 1. The zero-order valence-corrected chi connectivity index (χ0v) is 13.0. The average molecular weight is 295 g/mol. The van der Waals surface area contributed by atoms with Crippen molar-refractivity contribution in [3.8, 4) is 5.75 Å². The number of amides is 1. The van der Waals surface area contributed by atoms with Crippen molar-refractivity contribution < 1.29 is 14.3 Å². The third-order valence-electron chi connectivity index (χ3n) is 3.04. The summed E-state index contributed by atoms with van der Waals surface area (Å²) in [4.78, 5) is 14.3. The number of hydrogen-bond donors (Lipinski definition) is 2. The van der Waals surface area contributed by atoms with Gasteiger partial charge in [-0.05, 0) is 26.1 Å². The molecule has 6 heteroatoms. The normalized spacial score (nSPS) is 10.7. The van der Waals surface area contributed by atoms with E-state index in [0.717, 1.165) is 13.1 Å². The molecule has 0 saturated carbocycles. The van der Waals surface area contributed by atoms with Crippen molar-refractivity contribution in [2.24, 2.45) is 0 Å². The molecule has 1 amide bonds. The van der Waals surface area contributed by atoms with Crippen LogP contribution in [0.1, 0.15) is 17.3 Å². The van der Waals surface area contributed by atoms with E-state index in [1.807, 2.05) is 14.0 Å². The van der Waals surface area contributed by atoms with E-state index in [2.05, 4.69) is 10.2 Å². The van der Waals surface area contributed by atoms with Gasteiger partial charge in [0.15, 0.2) is 5.75 Å². The van der Waals surface area contributed by atoms with Crippen molar-refractivity contribution in [2.45, 2.75) is 6.92 Å². The molecule has 3 N–H and O–H groups in total. The number of para-hydroxylation sites is 1. The van der Waals surface area contributed by atoms with Crippen LogP contribution in [0.25, 0.3) is 0 Å². The van der Waals surface area contributed by atoms with Gasteiger partial charge in [0.1, 0.15) is 0 Å². The second-order valence-corrected chi connectivity index (χ2v) is 4.71. The van der Waals surface area contributed by atoms with Crippen LogP contribution < -0.4 is 15.8 Å². The molecule has 1 aromatic carbocycles. The molecular weight excluding hydrogens is 270 g/mol. The highest BCUT2D eigenvalue weighted by molar-refractivity contribution is 5.98. The van der Waals surface area contributed by atoms with Crippen molar-refractivity contribution in [1.82, 2.24) is 10.2 Å². The zero-order chi connectivity index (χ0) is 15.7. The molecule has 0 bridgehead atoms. The topological polar surface area (TPSA) is 76.8 Å². The number of nitrogens with zero attached hydrogens (tertiary/aromatic N) is 1. The summed E-state index contributed by atoms with van der Waals surface area (Å²) in [6, 6.07) is 5.18. The Balaban J connectivity index is 2.54. The maximum atomic E-state index is 12.2. The Morgan fingerprint density at radius 2 is 2.14 bits per heavy atom. The third-order valence-corrected chi connectivity index (χ3v) is 3.04. The van der Waals surface area contributed by atoms with Gasteiger partial charge in [0.05, 0.1) is 24.5 Å². The lowest BCUT2D eigenvalue weighted by molar-refractivity contribution is 0.0944. The average Bonchev–Trinajstić information content (AvgIpc) is 2.47. The second kappa shape index (κ2) is 9.20. The van der Waals surface area contributed by atoms with Gasteiger partial charge < -0.3 is 25.4 Å². The van der Waals surface area contributed by atoms with Crippen molar-refractivity contribution >= 4 is 11.6 Å². The number of anilines is 1. The molecule has 0 radical (unpaired) electrons. The number of benzene rings is 1. The minimum absolute atomic E-state index is 0.175. The molecule has 118 valence electrons. The largest absolute Gasteiger partial charge is 0.491 e. The molecule has 0 aromatic heterocycles. The van der Waals surface area contributed by atoms with E-state index in [0.29, 0.717) is 36.8 Å². The van der Waals surface area contributed by atoms with Gasteiger partial charge in [-0.3, -0.25) is 4.79 Å². The first kappa shape index (κ1) is 17.3. The number of methoxy groups -OCH3 is 1. The fourth-order valence-electron chi connectivity index (χ4n) is 1.85.